The van der Waals surface area contributed by atoms with E-state index in [2.05, 4.69) is 26.1 Å². The van der Waals surface area contributed by atoms with E-state index in [4.69, 9.17) is 4.52 Å². The number of benzene rings is 1. The van der Waals surface area contributed by atoms with Crippen LogP contribution < -0.4 is 0 Å². The number of hydrogen-bond acceptors (Lipinski definition) is 4. The largest absolute Gasteiger partial charge is 0.338 e. The van der Waals surface area contributed by atoms with Gasteiger partial charge in [-0.15, -0.1) is 0 Å². The zero-order valence-corrected chi connectivity index (χ0v) is 13.6. The molecule has 2 rings (SSSR count). The molecule has 106 valence electrons. The van der Waals surface area contributed by atoms with Crippen molar-refractivity contribution < 1.29 is 9.32 Å². The van der Waals surface area contributed by atoms with Crippen LogP contribution >= 0.6 is 15.9 Å². The maximum Gasteiger partial charge on any atom is 0.237 e. The number of carbonyl (C=O) groups excluding carboxylic acids is 1. The number of carbonyl (C=O) groups is 1. The van der Waals surface area contributed by atoms with Crippen LogP contribution in [0.15, 0.2) is 21.1 Å². The molecule has 4 nitrogen and oxygen atoms in total. The van der Waals surface area contributed by atoms with Gasteiger partial charge in [0.15, 0.2) is 0 Å². The fourth-order valence-corrected chi connectivity index (χ4v) is 2.43. The van der Waals surface area contributed by atoms with Crippen LogP contribution in [0.2, 0.25) is 0 Å². The van der Waals surface area contributed by atoms with Crippen LogP contribution in [0.5, 0.6) is 0 Å². The Morgan fingerprint density at radius 1 is 1.35 bits per heavy atom. The molecule has 1 aromatic carbocycles. The molecule has 0 spiro atoms. The molecule has 0 amide bonds. The van der Waals surface area contributed by atoms with E-state index in [0.717, 1.165) is 21.2 Å². The van der Waals surface area contributed by atoms with E-state index in [1.165, 1.54) is 0 Å². The summed E-state index contributed by atoms with van der Waals surface area (Å²) in [5.41, 5.74) is 3.13. The van der Waals surface area contributed by atoms with Crippen LogP contribution in [-0.4, -0.2) is 15.9 Å². The van der Waals surface area contributed by atoms with E-state index in [1.807, 2.05) is 32.9 Å². The molecular weight excluding hydrogens is 320 g/mol. The maximum atomic E-state index is 11.5. The van der Waals surface area contributed by atoms with Gasteiger partial charge in [0.25, 0.3) is 0 Å². The normalized spacial score (nSPS) is 12.4. The molecule has 1 unspecified atom stereocenters. The fraction of sp³-hybridized carbons (Fsp3) is 0.400. The van der Waals surface area contributed by atoms with E-state index in [-0.39, 0.29) is 11.7 Å². The topological polar surface area (TPSA) is 56.0 Å². The van der Waals surface area contributed by atoms with E-state index in [0.29, 0.717) is 18.1 Å². The first kappa shape index (κ1) is 14.9. The molecule has 1 atom stereocenters. The lowest BCUT2D eigenvalue weighted by atomic mass is 10.0. The number of hydrogen-bond donors (Lipinski definition) is 0. The van der Waals surface area contributed by atoms with Crippen molar-refractivity contribution in [2.24, 2.45) is 0 Å². The van der Waals surface area contributed by atoms with Crippen molar-refractivity contribution in [1.29, 1.82) is 0 Å². The molecular formula is C15H17BrN2O2. The standard InChI is InChI=1S/C15H17BrN2O2/c1-5-12(10(4)19)15-17-14(18-20-15)11-6-8(2)13(16)9(3)7-11/h6-7,12H,5H2,1-4H3. The van der Waals surface area contributed by atoms with Crippen LogP contribution in [0.4, 0.5) is 0 Å². The number of rotatable bonds is 4. The van der Waals surface area contributed by atoms with Crippen molar-refractivity contribution in [2.45, 2.75) is 40.0 Å². The molecule has 0 N–H and O–H groups in total. The van der Waals surface area contributed by atoms with Crippen LogP contribution in [0, 0.1) is 13.8 Å². The molecule has 1 aromatic heterocycles. The highest BCUT2D eigenvalue weighted by Crippen LogP contribution is 2.28. The minimum absolute atomic E-state index is 0.0471. The minimum Gasteiger partial charge on any atom is -0.338 e. The summed E-state index contributed by atoms with van der Waals surface area (Å²) in [6, 6.07) is 4.00. The van der Waals surface area contributed by atoms with Gasteiger partial charge in [-0.2, -0.15) is 4.98 Å². The summed E-state index contributed by atoms with van der Waals surface area (Å²) in [6.07, 6.45) is 0.662. The van der Waals surface area contributed by atoms with E-state index >= 15 is 0 Å². The molecule has 0 bridgehead atoms. The maximum absolute atomic E-state index is 11.5. The van der Waals surface area contributed by atoms with Crippen LogP contribution in [-0.2, 0) is 4.79 Å². The second-order valence-electron chi connectivity index (χ2n) is 4.95. The van der Waals surface area contributed by atoms with Crippen LogP contribution in [0.1, 0.15) is 43.2 Å². The van der Waals surface area contributed by atoms with Gasteiger partial charge in [-0.3, -0.25) is 4.79 Å². The predicted molar refractivity (Wildman–Crippen MR) is 80.6 cm³/mol. The van der Waals surface area contributed by atoms with Crippen molar-refractivity contribution in [3.63, 3.8) is 0 Å². The van der Waals surface area contributed by atoms with Gasteiger partial charge in [-0.25, -0.2) is 0 Å². The molecule has 0 fully saturated rings. The molecule has 2 aromatic rings. The van der Waals surface area contributed by atoms with Gasteiger partial charge >= 0.3 is 0 Å². The first-order valence-corrected chi connectivity index (χ1v) is 7.34. The molecule has 0 saturated carbocycles. The van der Waals surface area contributed by atoms with Gasteiger partial charge in [0, 0.05) is 10.0 Å². The first-order valence-electron chi connectivity index (χ1n) is 6.55. The van der Waals surface area contributed by atoms with Crippen molar-refractivity contribution in [3.8, 4) is 11.4 Å². The average Bonchev–Trinajstić information content (AvgIpc) is 2.85. The molecule has 0 aliphatic rings. The Labute approximate surface area is 126 Å². The number of aryl methyl sites for hydroxylation is 2. The van der Waals surface area contributed by atoms with Crippen molar-refractivity contribution in [1.82, 2.24) is 10.1 Å². The zero-order chi connectivity index (χ0) is 14.9. The summed E-state index contributed by atoms with van der Waals surface area (Å²) in [4.78, 5) is 15.9. The highest BCUT2D eigenvalue weighted by atomic mass is 79.9. The predicted octanol–water partition coefficient (Wildman–Crippen LogP) is 4.20. The number of nitrogens with zero attached hydrogens (tertiary/aromatic N) is 2. The van der Waals surface area contributed by atoms with Crippen molar-refractivity contribution in [3.05, 3.63) is 33.6 Å². The Morgan fingerprint density at radius 2 is 1.95 bits per heavy atom. The third-order valence-corrected chi connectivity index (χ3v) is 4.58. The second-order valence-corrected chi connectivity index (χ2v) is 5.74. The Hall–Kier alpha value is -1.49. The lowest BCUT2D eigenvalue weighted by Crippen LogP contribution is -2.07. The summed E-state index contributed by atoms with van der Waals surface area (Å²) in [6.45, 7) is 7.52. The van der Waals surface area contributed by atoms with Gasteiger partial charge in [0.1, 0.15) is 5.78 Å². The molecule has 5 heteroatoms. The first-order chi connectivity index (χ1) is 9.43. The average molecular weight is 337 g/mol. The Morgan fingerprint density at radius 3 is 2.45 bits per heavy atom. The van der Waals surface area contributed by atoms with Gasteiger partial charge in [0.2, 0.25) is 11.7 Å². The van der Waals surface area contributed by atoms with Gasteiger partial charge in [-0.05, 0) is 50.5 Å². The quantitative estimate of drug-likeness (QED) is 0.839. The van der Waals surface area contributed by atoms with E-state index in [1.54, 1.807) is 6.92 Å². The molecule has 0 radical (unpaired) electrons. The number of Topliss-reactive ketones (excluding diaryl/α,β-unsaturated/α-hetero) is 1. The van der Waals surface area contributed by atoms with Gasteiger partial charge in [0.05, 0.1) is 5.92 Å². The van der Waals surface area contributed by atoms with Gasteiger partial charge < -0.3 is 4.52 Å². The molecule has 1 heterocycles. The molecule has 20 heavy (non-hydrogen) atoms. The third-order valence-electron chi connectivity index (χ3n) is 3.33. The van der Waals surface area contributed by atoms with E-state index < -0.39 is 0 Å². The molecule has 0 aliphatic carbocycles. The number of ketones is 1. The smallest absolute Gasteiger partial charge is 0.237 e. The SMILES string of the molecule is CCC(C(C)=O)c1nc(-c2cc(C)c(Br)c(C)c2)no1. The fourth-order valence-electron chi connectivity index (χ4n) is 2.20. The Bertz CT molecular complexity index is 626. The van der Waals surface area contributed by atoms with Crippen LogP contribution in [0.3, 0.4) is 0 Å². The highest BCUT2D eigenvalue weighted by molar-refractivity contribution is 9.10. The number of halogens is 1. The summed E-state index contributed by atoms with van der Waals surface area (Å²) < 4.78 is 6.33. The lowest BCUT2D eigenvalue weighted by molar-refractivity contribution is -0.119. The summed E-state index contributed by atoms with van der Waals surface area (Å²) >= 11 is 3.54. The molecule has 0 saturated heterocycles. The van der Waals surface area contributed by atoms with E-state index in [9.17, 15) is 4.79 Å². The summed E-state index contributed by atoms with van der Waals surface area (Å²) in [5, 5.41) is 4.00. The molecule has 0 aliphatic heterocycles. The number of aromatic nitrogens is 2. The zero-order valence-electron chi connectivity index (χ0n) is 12.0. The second kappa shape index (κ2) is 5.87. The highest BCUT2D eigenvalue weighted by Gasteiger charge is 2.22. The lowest BCUT2D eigenvalue weighted by Gasteiger charge is -2.05. The van der Waals surface area contributed by atoms with Gasteiger partial charge in [-0.1, -0.05) is 28.0 Å². The van der Waals surface area contributed by atoms with Crippen LogP contribution in [0.25, 0.3) is 11.4 Å². The monoisotopic (exact) mass is 336 g/mol. The summed E-state index contributed by atoms with van der Waals surface area (Å²) in [7, 11) is 0. The third kappa shape index (κ3) is 2.82. The minimum atomic E-state index is -0.311. The van der Waals surface area contributed by atoms with Crippen molar-refractivity contribution >= 4 is 21.7 Å². The Kier molecular flexibility index (Phi) is 4.38. The Balaban J connectivity index is 2.41. The summed E-state index contributed by atoms with van der Waals surface area (Å²) in [5.74, 6) is 0.659. The van der Waals surface area contributed by atoms with Crippen molar-refractivity contribution in [2.75, 3.05) is 0 Å².